The zero-order valence-electron chi connectivity index (χ0n) is 12.6. The van der Waals surface area contributed by atoms with Crippen LogP contribution >= 0.6 is 22.9 Å². The number of carboxylic acid groups (broad SMARTS) is 1. The van der Waals surface area contributed by atoms with E-state index in [4.69, 9.17) is 11.6 Å². The molecule has 1 N–H and O–H groups in total. The number of carbonyl (C=O) groups is 2. The third-order valence-electron chi connectivity index (χ3n) is 3.95. The van der Waals surface area contributed by atoms with Gasteiger partial charge < -0.3 is 15.2 Å². The Morgan fingerprint density at radius 1 is 1.17 bits per heavy atom. The molecule has 3 rings (SSSR count). The SMILES string of the molecule is O=C([O-])[C@@H]1CC=CC[C@H]1C(=O)Nc1nc(-c2ccc(Cl)cc2)cs1. The first-order chi connectivity index (χ1) is 11.5. The summed E-state index contributed by atoms with van der Waals surface area (Å²) in [5.41, 5.74) is 1.62. The van der Waals surface area contributed by atoms with Crippen LogP contribution in [-0.4, -0.2) is 16.9 Å². The van der Waals surface area contributed by atoms with Gasteiger partial charge in [-0.3, -0.25) is 4.79 Å². The van der Waals surface area contributed by atoms with Crippen molar-refractivity contribution in [1.82, 2.24) is 4.98 Å². The van der Waals surface area contributed by atoms with Crippen molar-refractivity contribution in [3.63, 3.8) is 0 Å². The molecule has 1 aliphatic carbocycles. The summed E-state index contributed by atoms with van der Waals surface area (Å²) in [6.45, 7) is 0. The number of carboxylic acids is 1. The third-order valence-corrected chi connectivity index (χ3v) is 4.96. The fourth-order valence-electron chi connectivity index (χ4n) is 2.65. The zero-order chi connectivity index (χ0) is 17.1. The van der Waals surface area contributed by atoms with Crippen LogP contribution in [0.25, 0.3) is 11.3 Å². The molecule has 1 heterocycles. The van der Waals surface area contributed by atoms with E-state index < -0.39 is 17.8 Å². The molecule has 0 saturated heterocycles. The lowest BCUT2D eigenvalue weighted by Crippen LogP contribution is -2.41. The molecular weight excluding hydrogens is 348 g/mol. The molecule has 0 bridgehead atoms. The summed E-state index contributed by atoms with van der Waals surface area (Å²) in [5.74, 6) is -2.97. The molecule has 5 nitrogen and oxygen atoms in total. The highest BCUT2D eigenvalue weighted by atomic mass is 35.5. The number of anilines is 1. The Labute approximate surface area is 148 Å². The molecule has 1 aliphatic rings. The summed E-state index contributed by atoms with van der Waals surface area (Å²) in [7, 11) is 0. The number of benzene rings is 1. The molecular formula is C17H14ClN2O3S-. The van der Waals surface area contributed by atoms with Gasteiger partial charge in [0.1, 0.15) is 0 Å². The maximum absolute atomic E-state index is 12.4. The van der Waals surface area contributed by atoms with Gasteiger partial charge in [-0.1, -0.05) is 35.9 Å². The lowest BCUT2D eigenvalue weighted by Gasteiger charge is -2.27. The van der Waals surface area contributed by atoms with Crippen molar-refractivity contribution in [2.75, 3.05) is 5.32 Å². The second-order valence-corrected chi connectivity index (χ2v) is 6.80. The highest BCUT2D eigenvalue weighted by Gasteiger charge is 2.30. The molecule has 2 aromatic rings. The van der Waals surface area contributed by atoms with Crippen molar-refractivity contribution in [3.8, 4) is 11.3 Å². The van der Waals surface area contributed by atoms with E-state index in [0.717, 1.165) is 11.3 Å². The number of rotatable bonds is 4. The van der Waals surface area contributed by atoms with Crippen LogP contribution in [0.2, 0.25) is 5.02 Å². The topological polar surface area (TPSA) is 82.1 Å². The Morgan fingerprint density at radius 3 is 2.50 bits per heavy atom. The standard InChI is InChI=1S/C17H15ClN2O3S/c18-11-7-5-10(6-8-11)14-9-24-17(19-14)20-15(21)12-3-1-2-4-13(12)16(22)23/h1-2,5-9,12-13H,3-4H2,(H,22,23)(H,19,20,21)/p-1/t12-,13-/m1/s1. The number of halogens is 1. The maximum Gasteiger partial charge on any atom is 0.230 e. The fourth-order valence-corrected chi connectivity index (χ4v) is 3.50. The molecule has 1 aromatic heterocycles. The maximum atomic E-state index is 12.4. The minimum atomic E-state index is -1.19. The minimum Gasteiger partial charge on any atom is -0.550 e. The van der Waals surface area contributed by atoms with Gasteiger partial charge in [0.25, 0.3) is 0 Å². The van der Waals surface area contributed by atoms with Crippen LogP contribution < -0.4 is 10.4 Å². The first kappa shape index (κ1) is 16.7. The van der Waals surface area contributed by atoms with Gasteiger partial charge in [0, 0.05) is 27.9 Å². The lowest BCUT2D eigenvalue weighted by molar-refractivity contribution is -0.313. The first-order valence-electron chi connectivity index (χ1n) is 7.43. The highest BCUT2D eigenvalue weighted by molar-refractivity contribution is 7.14. The van der Waals surface area contributed by atoms with E-state index in [1.165, 1.54) is 11.3 Å². The van der Waals surface area contributed by atoms with Gasteiger partial charge in [-0.15, -0.1) is 11.3 Å². The number of nitrogens with zero attached hydrogens (tertiary/aromatic N) is 1. The van der Waals surface area contributed by atoms with Gasteiger partial charge in [0.2, 0.25) is 5.91 Å². The molecule has 0 unspecified atom stereocenters. The molecule has 24 heavy (non-hydrogen) atoms. The Kier molecular flexibility index (Phi) is 4.97. The minimum absolute atomic E-state index is 0.314. The summed E-state index contributed by atoms with van der Waals surface area (Å²) in [5, 5.41) is 16.8. The molecule has 7 heteroatoms. The van der Waals surface area contributed by atoms with Crippen LogP contribution in [-0.2, 0) is 9.59 Å². The number of aromatic nitrogens is 1. The number of allylic oxidation sites excluding steroid dienone is 2. The predicted molar refractivity (Wildman–Crippen MR) is 91.6 cm³/mol. The number of carbonyl (C=O) groups excluding carboxylic acids is 2. The lowest BCUT2D eigenvalue weighted by atomic mass is 9.82. The van der Waals surface area contributed by atoms with E-state index in [9.17, 15) is 14.7 Å². The van der Waals surface area contributed by atoms with Gasteiger partial charge in [0.05, 0.1) is 11.6 Å². The average Bonchev–Trinajstić information content (AvgIpc) is 3.04. The van der Waals surface area contributed by atoms with Gasteiger partial charge >= 0.3 is 0 Å². The van der Waals surface area contributed by atoms with Crippen LogP contribution in [0, 0.1) is 11.8 Å². The quantitative estimate of drug-likeness (QED) is 0.849. The van der Waals surface area contributed by atoms with Crippen LogP contribution in [0.4, 0.5) is 5.13 Å². The van der Waals surface area contributed by atoms with Crippen LogP contribution in [0.5, 0.6) is 0 Å². The molecule has 0 aliphatic heterocycles. The van der Waals surface area contributed by atoms with Crippen molar-refractivity contribution in [2.24, 2.45) is 11.8 Å². The van der Waals surface area contributed by atoms with Crippen LogP contribution in [0.1, 0.15) is 12.8 Å². The molecule has 1 amide bonds. The molecule has 0 radical (unpaired) electrons. The number of amides is 1. The first-order valence-corrected chi connectivity index (χ1v) is 8.68. The number of nitrogens with one attached hydrogen (secondary N) is 1. The second-order valence-electron chi connectivity index (χ2n) is 5.51. The summed E-state index contributed by atoms with van der Waals surface area (Å²) in [4.78, 5) is 28.0. The van der Waals surface area contributed by atoms with Gasteiger partial charge in [0.15, 0.2) is 5.13 Å². The van der Waals surface area contributed by atoms with Crippen molar-refractivity contribution in [1.29, 1.82) is 0 Å². The average molecular weight is 362 g/mol. The molecule has 0 fully saturated rings. The zero-order valence-corrected chi connectivity index (χ0v) is 14.1. The summed E-state index contributed by atoms with van der Waals surface area (Å²) in [6.07, 6.45) is 4.30. The molecule has 124 valence electrons. The van der Waals surface area contributed by atoms with E-state index in [-0.39, 0.29) is 5.91 Å². The largest absolute Gasteiger partial charge is 0.550 e. The number of hydrogen-bond acceptors (Lipinski definition) is 5. The normalized spacial score (nSPS) is 19.9. The van der Waals surface area contributed by atoms with Crippen LogP contribution in [0.15, 0.2) is 41.8 Å². The Morgan fingerprint density at radius 2 is 1.83 bits per heavy atom. The van der Waals surface area contributed by atoms with E-state index in [1.807, 2.05) is 23.6 Å². The van der Waals surface area contributed by atoms with E-state index in [1.54, 1.807) is 18.2 Å². The number of aliphatic carboxylic acids is 1. The van der Waals surface area contributed by atoms with E-state index >= 15 is 0 Å². The predicted octanol–water partition coefficient (Wildman–Crippen LogP) is 2.73. The Balaban J connectivity index is 1.72. The van der Waals surface area contributed by atoms with Crippen LogP contribution in [0.3, 0.4) is 0 Å². The second kappa shape index (κ2) is 7.15. The molecule has 2 atom stereocenters. The monoisotopic (exact) mass is 361 g/mol. The number of thiazole rings is 1. The summed E-state index contributed by atoms with van der Waals surface area (Å²) < 4.78 is 0. The highest BCUT2D eigenvalue weighted by Crippen LogP contribution is 2.29. The fraction of sp³-hybridized carbons (Fsp3) is 0.235. The van der Waals surface area contributed by atoms with Gasteiger partial charge in [-0.2, -0.15) is 0 Å². The van der Waals surface area contributed by atoms with Crippen molar-refractivity contribution in [2.45, 2.75) is 12.8 Å². The van der Waals surface area contributed by atoms with E-state index in [2.05, 4.69) is 10.3 Å². The van der Waals surface area contributed by atoms with Crippen molar-refractivity contribution in [3.05, 3.63) is 46.8 Å². The molecule has 0 spiro atoms. The molecule has 0 saturated carbocycles. The molecule has 1 aromatic carbocycles. The van der Waals surface area contributed by atoms with Gasteiger partial charge in [-0.25, -0.2) is 4.98 Å². The van der Waals surface area contributed by atoms with E-state index in [0.29, 0.717) is 23.0 Å². The van der Waals surface area contributed by atoms with Crippen molar-refractivity contribution < 1.29 is 14.7 Å². The third kappa shape index (κ3) is 3.66. The number of hydrogen-bond donors (Lipinski definition) is 1. The Hall–Kier alpha value is -2.18. The summed E-state index contributed by atoms with van der Waals surface area (Å²) in [6, 6.07) is 7.24. The van der Waals surface area contributed by atoms with Crippen molar-refractivity contribution >= 4 is 39.9 Å². The summed E-state index contributed by atoms with van der Waals surface area (Å²) >= 11 is 7.16. The smallest absolute Gasteiger partial charge is 0.230 e. The Bertz CT molecular complexity index is 785. The van der Waals surface area contributed by atoms with Gasteiger partial charge in [-0.05, 0) is 25.0 Å².